The van der Waals surface area contributed by atoms with Crippen molar-refractivity contribution in [3.63, 3.8) is 0 Å². The fourth-order valence-electron chi connectivity index (χ4n) is 1.64. The molecule has 7 nitrogen and oxygen atoms in total. The van der Waals surface area contributed by atoms with Crippen molar-refractivity contribution in [2.24, 2.45) is 0 Å². The molecule has 0 radical (unpaired) electrons. The highest BCUT2D eigenvalue weighted by Gasteiger charge is 2.21. The molecule has 2 N–H and O–H groups in total. The van der Waals surface area contributed by atoms with Crippen LogP contribution in [0.5, 0.6) is 5.75 Å². The molecule has 1 aromatic rings. The van der Waals surface area contributed by atoms with Crippen molar-refractivity contribution in [1.82, 2.24) is 4.72 Å². The second-order valence-electron chi connectivity index (χ2n) is 4.47. The highest BCUT2D eigenvalue weighted by atomic mass is 32.2. The third-order valence-corrected chi connectivity index (χ3v) is 4.38. The molecule has 1 atom stereocenters. The second-order valence-corrected chi connectivity index (χ2v) is 6.19. The predicted molar refractivity (Wildman–Crippen MR) is 75.7 cm³/mol. The van der Waals surface area contributed by atoms with Gasteiger partial charge in [0.25, 0.3) is 0 Å². The van der Waals surface area contributed by atoms with Crippen LogP contribution in [0.3, 0.4) is 0 Å². The van der Waals surface area contributed by atoms with Gasteiger partial charge in [-0.2, -0.15) is 0 Å². The molecule has 0 aromatic heterocycles. The van der Waals surface area contributed by atoms with E-state index >= 15 is 0 Å². The zero-order valence-corrected chi connectivity index (χ0v) is 12.9. The number of aromatic hydroxyl groups is 1. The van der Waals surface area contributed by atoms with Crippen LogP contribution in [-0.4, -0.2) is 46.4 Å². The van der Waals surface area contributed by atoms with Crippen molar-refractivity contribution in [3.8, 4) is 5.75 Å². The number of hydrogen-bond acceptors (Lipinski definition) is 6. The first kappa shape index (κ1) is 17.4. The summed E-state index contributed by atoms with van der Waals surface area (Å²) in [6.07, 6.45) is 0.512. The molecule has 1 aromatic carbocycles. The van der Waals surface area contributed by atoms with Gasteiger partial charge in [0, 0.05) is 19.8 Å². The minimum absolute atomic E-state index is 0.120. The summed E-state index contributed by atoms with van der Waals surface area (Å²) in [4.78, 5) is 11.3. The molecule has 0 saturated carbocycles. The lowest BCUT2D eigenvalue weighted by molar-refractivity contribution is 0.0597. The summed E-state index contributed by atoms with van der Waals surface area (Å²) in [6.45, 7) is 2.13. The number of rotatable bonds is 7. The molecule has 0 amide bonds. The van der Waals surface area contributed by atoms with Gasteiger partial charge in [-0.05, 0) is 31.5 Å². The molecule has 0 heterocycles. The van der Waals surface area contributed by atoms with Gasteiger partial charge in [-0.15, -0.1) is 0 Å². The van der Waals surface area contributed by atoms with Crippen LogP contribution in [0.2, 0.25) is 0 Å². The monoisotopic (exact) mass is 317 g/mol. The highest BCUT2D eigenvalue weighted by molar-refractivity contribution is 7.89. The Hall–Kier alpha value is -1.64. The fraction of sp³-hybridized carbons (Fsp3) is 0.462. The van der Waals surface area contributed by atoms with E-state index in [0.717, 1.165) is 19.2 Å². The van der Waals surface area contributed by atoms with E-state index in [2.05, 4.69) is 9.46 Å². The number of phenolic OH excluding ortho intramolecular Hbond substituents is 1. The zero-order valence-electron chi connectivity index (χ0n) is 12.1. The van der Waals surface area contributed by atoms with Crippen molar-refractivity contribution in [3.05, 3.63) is 23.8 Å². The van der Waals surface area contributed by atoms with Crippen molar-refractivity contribution < 1.29 is 27.8 Å². The van der Waals surface area contributed by atoms with E-state index in [9.17, 15) is 18.3 Å². The van der Waals surface area contributed by atoms with Crippen molar-refractivity contribution in [2.45, 2.75) is 24.3 Å². The Kier molecular flexibility index (Phi) is 6.13. The number of carbonyl (C=O) groups is 1. The quantitative estimate of drug-likeness (QED) is 0.724. The van der Waals surface area contributed by atoms with Gasteiger partial charge in [-0.25, -0.2) is 17.9 Å². The Labute approximate surface area is 123 Å². The molecule has 0 aliphatic heterocycles. The van der Waals surface area contributed by atoms with E-state index in [1.54, 1.807) is 6.92 Å². The normalized spacial score (nSPS) is 12.9. The van der Waals surface area contributed by atoms with Gasteiger partial charge in [-0.1, -0.05) is 0 Å². The molecular weight excluding hydrogens is 298 g/mol. The average molecular weight is 317 g/mol. The second kappa shape index (κ2) is 7.39. The van der Waals surface area contributed by atoms with Gasteiger partial charge >= 0.3 is 5.97 Å². The molecule has 8 heteroatoms. The van der Waals surface area contributed by atoms with Crippen LogP contribution in [0.25, 0.3) is 0 Å². The van der Waals surface area contributed by atoms with Crippen LogP contribution in [-0.2, 0) is 19.5 Å². The van der Waals surface area contributed by atoms with E-state index in [4.69, 9.17) is 4.74 Å². The summed E-state index contributed by atoms with van der Waals surface area (Å²) < 4.78 is 36.2. The SMILES string of the molecule is COCCC(C)NS(=O)(=O)c1ccc(O)c(C(=O)OC)c1. The molecule has 1 unspecified atom stereocenters. The Balaban J connectivity index is 3.01. The van der Waals surface area contributed by atoms with Crippen LogP contribution in [0, 0.1) is 0 Å². The minimum Gasteiger partial charge on any atom is -0.507 e. The third-order valence-electron chi connectivity index (χ3n) is 2.79. The number of carbonyl (C=O) groups excluding carboxylic acids is 1. The number of nitrogens with one attached hydrogen (secondary N) is 1. The summed E-state index contributed by atoms with van der Waals surface area (Å²) in [6, 6.07) is 3.10. The fourth-order valence-corrected chi connectivity index (χ4v) is 2.95. The van der Waals surface area contributed by atoms with Crippen molar-refractivity contribution in [1.29, 1.82) is 0 Å². The van der Waals surface area contributed by atoms with E-state index in [1.807, 2.05) is 0 Å². The Morgan fingerprint density at radius 3 is 2.62 bits per heavy atom. The predicted octanol–water partition coefficient (Wildman–Crippen LogP) is 0.882. The van der Waals surface area contributed by atoms with Crippen LogP contribution in [0.1, 0.15) is 23.7 Å². The molecule has 0 saturated heterocycles. The van der Waals surface area contributed by atoms with Crippen molar-refractivity contribution >= 4 is 16.0 Å². The lowest BCUT2D eigenvalue weighted by Gasteiger charge is -2.14. The first-order chi connectivity index (χ1) is 9.81. The molecule has 0 spiro atoms. The van der Waals surface area contributed by atoms with Gasteiger partial charge in [-0.3, -0.25) is 0 Å². The molecule has 1 rings (SSSR count). The number of hydrogen-bond donors (Lipinski definition) is 2. The van der Waals surface area contributed by atoms with E-state index in [1.165, 1.54) is 13.2 Å². The van der Waals surface area contributed by atoms with Crippen LogP contribution >= 0.6 is 0 Å². The van der Waals surface area contributed by atoms with E-state index in [-0.39, 0.29) is 22.3 Å². The Bertz CT molecular complexity index is 599. The summed E-state index contributed by atoms with van der Waals surface area (Å²) >= 11 is 0. The molecule has 0 fully saturated rings. The third kappa shape index (κ3) is 4.69. The number of phenols is 1. The van der Waals surface area contributed by atoms with Crippen LogP contribution < -0.4 is 4.72 Å². The van der Waals surface area contributed by atoms with Gasteiger partial charge in [0.2, 0.25) is 10.0 Å². The van der Waals surface area contributed by atoms with Gasteiger partial charge in [0.05, 0.1) is 12.0 Å². The lowest BCUT2D eigenvalue weighted by atomic mass is 10.2. The number of ether oxygens (including phenoxy) is 2. The van der Waals surface area contributed by atoms with Gasteiger partial charge in [0.1, 0.15) is 11.3 Å². The topological polar surface area (TPSA) is 102 Å². The molecule has 21 heavy (non-hydrogen) atoms. The van der Waals surface area contributed by atoms with Crippen LogP contribution in [0.15, 0.2) is 23.1 Å². The largest absolute Gasteiger partial charge is 0.507 e. The van der Waals surface area contributed by atoms with Crippen LogP contribution in [0.4, 0.5) is 0 Å². The molecule has 118 valence electrons. The Morgan fingerprint density at radius 1 is 1.38 bits per heavy atom. The smallest absolute Gasteiger partial charge is 0.341 e. The summed E-state index contributed by atoms with van der Waals surface area (Å²) in [5, 5.41) is 9.57. The highest BCUT2D eigenvalue weighted by Crippen LogP contribution is 2.22. The molecule has 0 bridgehead atoms. The number of benzene rings is 1. The summed E-state index contributed by atoms with van der Waals surface area (Å²) in [5.41, 5.74) is -0.204. The number of esters is 1. The minimum atomic E-state index is -3.80. The first-order valence-electron chi connectivity index (χ1n) is 6.24. The zero-order chi connectivity index (χ0) is 16.0. The first-order valence-corrected chi connectivity index (χ1v) is 7.72. The van der Waals surface area contributed by atoms with E-state index < -0.39 is 16.0 Å². The maximum atomic E-state index is 12.2. The maximum Gasteiger partial charge on any atom is 0.341 e. The summed E-state index contributed by atoms with van der Waals surface area (Å²) in [5.74, 6) is -1.15. The standard InChI is InChI=1S/C13H19NO6S/c1-9(6-7-19-2)14-21(17,18)10-4-5-12(15)11(8-10)13(16)20-3/h4-5,8-9,14-15H,6-7H2,1-3H3. The number of sulfonamides is 1. The molecule has 0 aliphatic rings. The average Bonchev–Trinajstić information content (AvgIpc) is 2.44. The number of methoxy groups -OCH3 is 2. The Morgan fingerprint density at radius 2 is 2.05 bits per heavy atom. The van der Waals surface area contributed by atoms with Crippen molar-refractivity contribution in [2.75, 3.05) is 20.8 Å². The van der Waals surface area contributed by atoms with Gasteiger partial charge < -0.3 is 14.6 Å². The van der Waals surface area contributed by atoms with E-state index in [0.29, 0.717) is 13.0 Å². The maximum absolute atomic E-state index is 12.2. The molecular formula is C13H19NO6S. The molecule has 0 aliphatic carbocycles. The van der Waals surface area contributed by atoms with Gasteiger partial charge in [0.15, 0.2) is 0 Å². The lowest BCUT2D eigenvalue weighted by Crippen LogP contribution is -2.33. The summed E-state index contributed by atoms with van der Waals surface area (Å²) in [7, 11) is -1.12.